The fraction of sp³-hybridized carbons (Fsp3) is 0.846. The molecule has 110 valence electrons. The SMILES string of the molecule is CCCCOCCNC(=O)N1C[C@@H](C)[C@H](C(=O)O)C1. The van der Waals surface area contributed by atoms with Crippen molar-refractivity contribution in [1.29, 1.82) is 0 Å². The predicted octanol–water partition coefficient (Wildman–Crippen LogP) is 1.17. The summed E-state index contributed by atoms with van der Waals surface area (Å²) in [5.74, 6) is -1.28. The summed E-state index contributed by atoms with van der Waals surface area (Å²) in [6.45, 7) is 6.42. The van der Waals surface area contributed by atoms with E-state index in [-0.39, 0.29) is 11.9 Å². The zero-order chi connectivity index (χ0) is 14.3. The van der Waals surface area contributed by atoms with E-state index in [1.54, 1.807) is 4.90 Å². The second-order valence-corrected chi connectivity index (χ2v) is 5.02. The molecule has 6 nitrogen and oxygen atoms in total. The van der Waals surface area contributed by atoms with Crippen molar-refractivity contribution in [2.75, 3.05) is 32.8 Å². The van der Waals surface area contributed by atoms with Gasteiger partial charge < -0.3 is 20.1 Å². The Morgan fingerprint density at radius 3 is 2.68 bits per heavy atom. The minimum atomic E-state index is -0.828. The number of nitrogens with one attached hydrogen (secondary N) is 1. The Labute approximate surface area is 114 Å². The number of carbonyl (C=O) groups is 2. The molecule has 2 atom stereocenters. The van der Waals surface area contributed by atoms with Gasteiger partial charge in [-0.15, -0.1) is 0 Å². The molecule has 1 aliphatic rings. The van der Waals surface area contributed by atoms with Gasteiger partial charge in [0.2, 0.25) is 0 Å². The van der Waals surface area contributed by atoms with Gasteiger partial charge in [0.05, 0.1) is 12.5 Å². The van der Waals surface area contributed by atoms with Gasteiger partial charge in [0.1, 0.15) is 0 Å². The molecule has 0 aromatic carbocycles. The second kappa shape index (κ2) is 7.99. The van der Waals surface area contributed by atoms with Crippen LogP contribution in [0.1, 0.15) is 26.7 Å². The van der Waals surface area contributed by atoms with Crippen molar-refractivity contribution < 1.29 is 19.4 Å². The van der Waals surface area contributed by atoms with E-state index in [9.17, 15) is 9.59 Å². The van der Waals surface area contributed by atoms with Crippen LogP contribution in [0.3, 0.4) is 0 Å². The quantitative estimate of drug-likeness (QED) is 0.682. The Morgan fingerprint density at radius 1 is 1.37 bits per heavy atom. The molecule has 0 aliphatic carbocycles. The van der Waals surface area contributed by atoms with Gasteiger partial charge in [-0.2, -0.15) is 0 Å². The van der Waals surface area contributed by atoms with E-state index in [2.05, 4.69) is 12.2 Å². The summed E-state index contributed by atoms with van der Waals surface area (Å²) in [7, 11) is 0. The first-order valence-electron chi connectivity index (χ1n) is 6.89. The predicted molar refractivity (Wildman–Crippen MR) is 71.0 cm³/mol. The summed E-state index contributed by atoms with van der Waals surface area (Å²) in [4.78, 5) is 24.3. The Hall–Kier alpha value is -1.30. The van der Waals surface area contributed by atoms with Gasteiger partial charge in [0.25, 0.3) is 0 Å². The van der Waals surface area contributed by atoms with Crippen LogP contribution >= 0.6 is 0 Å². The Kier molecular flexibility index (Phi) is 6.62. The highest BCUT2D eigenvalue weighted by molar-refractivity contribution is 5.77. The minimum absolute atomic E-state index is 0.00375. The third-order valence-electron chi connectivity index (χ3n) is 3.38. The highest BCUT2D eigenvalue weighted by Crippen LogP contribution is 2.22. The van der Waals surface area contributed by atoms with E-state index in [0.717, 1.165) is 12.8 Å². The van der Waals surface area contributed by atoms with Crippen LogP contribution in [0.2, 0.25) is 0 Å². The van der Waals surface area contributed by atoms with Crippen LogP contribution in [0.15, 0.2) is 0 Å². The van der Waals surface area contributed by atoms with Crippen molar-refractivity contribution in [2.24, 2.45) is 11.8 Å². The summed E-state index contributed by atoms with van der Waals surface area (Å²) >= 11 is 0. The molecule has 0 aromatic heterocycles. The number of carboxylic acid groups (broad SMARTS) is 1. The summed E-state index contributed by atoms with van der Waals surface area (Å²) in [5, 5.41) is 11.8. The van der Waals surface area contributed by atoms with E-state index in [1.165, 1.54) is 0 Å². The maximum Gasteiger partial charge on any atom is 0.317 e. The minimum Gasteiger partial charge on any atom is -0.481 e. The molecule has 0 unspecified atom stereocenters. The molecule has 0 aromatic rings. The first-order valence-corrected chi connectivity index (χ1v) is 6.89. The Balaban J connectivity index is 2.19. The van der Waals surface area contributed by atoms with Crippen LogP contribution in [0.4, 0.5) is 4.79 Å². The van der Waals surface area contributed by atoms with Gasteiger partial charge in [-0.05, 0) is 12.3 Å². The number of urea groups is 1. The van der Waals surface area contributed by atoms with Crippen molar-refractivity contribution in [3.05, 3.63) is 0 Å². The normalized spacial score (nSPS) is 22.5. The molecule has 0 saturated carbocycles. The summed E-state index contributed by atoms with van der Waals surface area (Å²) < 4.78 is 5.34. The summed E-state index contributed by atoms with van der Waals surface area (Å²) in [6, 6.07) is -0.199. The number of hydrogen-bond donors (Lipinski definition) is 2. The second-order valence-electron chi connectivity index (χ2n) is 5.02. The van der Waals surface area contributed by atoms with Crippen LogP contribution in [-0.2, 0) is 9.53 Å². The van der Waals surface area contributed by atoms with Gasteiger partial charge in [-0.3, -0.25) is 4.79 Å². The van der Waals surface area contributed by atoms with Crippen molar-refractivity contribution >= 4 is 12.0 Å². The highest BCUT2D eigenvalue weighted by Gasteiger charge is 2.36. The Morgan fingerprint density at radius 2 is 2.11 bits per heavy atom. The molecule has 6 heteroatoms. The van der Waals surface area contributed by atoms with Crippen LogP contribution in [-0.4, -0.2) is 54.9 Å². The number of rotatable bonds is 7. The van der Waals surface area contributed by atoms with E-state index >= 15 is 0 Å². The third-order valence-corrected chi connectivity index (χ3v) is 3.38. The molecule has 0 spiro atoms. The number of carboxylic acids is 1. The summed E-state index contributed by atoms with van der Waals surface area (Å²) in [6.07, 6.45) is 2.12. The molecule has 0 radical (unpaired) electrons. The molecule has 0 bridgehead atoms. The van der Waals surface area contributed by atoms with Gasteiger partial charge in [0, 0.05) is 26.2 Å². The van der Waals surface area contributed by atoms with Crippen LogP contribution in [0, 0.1) is 11.8 Å². The average Bonchev–Trinajstić information content (AvgIpc) is 2.75. The van der Waals surface area contributed by atoms with Crippen molar-refractivity contribution in [2.45, 2.75) is 26.7 Å². The number of amides is 2. The molecular weight excluding hydrogens is 248 g/mol. The lowest BCUT2D eigenvalue weighted by molar-refractivity contribution is -0.142. The number of nitrogens with zero attached hydrogens (tertiary/aromatic N) is 1. The number of carbonyl (C=O) groups excluding carboxylic acids is 1. The number of likely N-dealkylation sites (tertiary alicyclic amines) is 1. The molecule has 1 fully saturated rings. The smallest absolute Gasteiger partial charge is 0.317 e. The maximum atomic E-state index is 11.8. The van der Waals surface area contributed by atoms with Gasteiger partial charge in [-0.1, -0.05) is 20.3 Å². The van der Waals surface area contributed by atoms with Crippen molar-refractivity contribution in [1.82, 2.24) is 10.2 Å². The van der Waals surface area contributed by atoms with Crippen molar-refractivity contribution in [3.8, 4) is 0 Å². The molecule has 1 rings (SSSR count). The van der Waals surface area contributed by atoms with Crippen molar-refractivity contribution in [3.63, 3.8) is 0 Å². The average molecular weight is 272 g/mol. The zero-order valence-electron chi connectivity index (χ0n) is 11.7. The molecule has 2 N–H and O–H groups in total. The van der Waals surface area contributed by atoms with Gasteiger partial charge in [-0.25, -0.2) is 4.79 Å². The first kappa shape index (κ1) is 15.8. The molecule has 1 aliphatic heterocycles. The lowest BCUT2D eigenvalue weighted by atomic mass is 9.99. The molecule has 1 heterocycles. The van der Waals surface area contributed by atoms with E-state index in [0.29, 0.717) is 32.8 Å². The van der Waals surface area contributed by atoms with Gasteiger partial charge >= 0.3 is 12.0 Å². The fourth-order valence-electron chi connectivity index (χ4n) is 2.14. The van der Waals surface area contributed by atoms with Gasteiger partial charge in [0.15, 0.2) is 0 Å². The monoisotopic (exact) mass is 272 g/mol. The number of hydrogen-bond acceptors (Lipinski definition) is 3. The molecule has 19 heavy (non-hydrogen) atoms. The lowest BCUT2D eigenvalue weighted by Crippen LogP contribution is -2.40. The van der Waals surface area contributed by atoms with Crippen LogP contribution in [0.5, 0.6) is 0 Å². The maximum absolute atomic E-state index is 11.8. The topological polar surface area (TPSA) is 78.9 Å². The third kappa shape index (κ3) is 5.06. The zero-order valence-corrected chi connectivity index (χ0v) is 11.7. The number of aliphatic carboxylic acids is 1. The largest absolute Gasteiger partial charge is 0.481 e. The van der Waals surface area contributed by atoms with E-state index in [4.69, 9.17) is 9.84 Å². The molecule has 1 saturated heterocycles. The first-order chi connectivity index (χ1) is 9.06. The van der Waals surface area contributed by atoms with Crippen LogP contribution in [0.25, 0.3) is 0 Å². The number of unbranched alkanes of at least 4 members (excludes halogenated alkanes) is 1. The van der Waals surface area contributed by atoms with E-state index < -0.39 is 11.9 Å². The standard InChI is InChI=1S/C13H24N2O4/c1-3-4-6-19-7-5-14-13(18)15-8-10(2)11(9-15)12(16)17/h10-11H,3-9H2,1-2H3,(H,14,18)(H,16,17)/t10-,11-/m1/s1. The number of ether oxygens (including phenoxy) is 1. The lowest BCUT2D eigenvalue weighted by Gasteiger charge is -2.16. The summed E-state index contributed by atoms with van der Waals surface area (Å²) in [5.41, 5.74) is 0. The molecular formula is C13H24N2O4. The highest BCUT2D eigenvalue weighted by atomic mass is 16.5. The van der Waals surface area contributed by atoms with E-state index in [1.807, 2.05) is 6.92 Å². The Bertz CT molecular complexity index is 309. The fourth-order valence-corrected chi connectivity index (χ4v) is 2.14. The molecule has 2 amide bonds. The van der Waals surface area contributed by atoms with Crippen LogP contribution < -0.4 is 5.32 Å².